The molecule has 0 spiro atoms. The van der Waals surface area contributed by atoms with Gasteiger partial charge in [0.25, 0.3) is 0 Å². The number of rotatable bonds is 1. The highest BCUT2D eigenvalue weighted by Crippen LogP contribution is 2.44. The minimum absolute atomic E-state index is 0.0664. The molecule has 6 nitrogen and oxygen atoms in total. The molecule has 0 aliphatic heterocycles. The molecule has 0 aliphatic carbocycles. The average molecular weight is 337 g/mol. The van der Waals surface area contributed by atoms with E-state index in [9.17, 15) is 9.90 Å². The number of aromatic nitrogens is 1. The molecule has 0 unspecified atom stereocenters. The Labute approximate surface area is 121 Å². The molecule has 7 heteroatoms. The number of pyridine rings is 1. The van der Waals surface area contributed by atoms with Crippen molar-refractivity contribution in [3.05, 3.63) is 28.4 Å². The van der Waals surface area contributed by atoms with Crippen LogP contribution in [0.1, 0.15) is 10.4 Å². The first-order chi connectivity index (χ1) is 9.56. The molecule has 0 radical (unpaired) electrons. The monoisotopic (exact) mass is 336 g/mol. The number of carbonyl (C=O) groups is 1. The molecule has 0 saturated carbocycles. The first kappa shape index (κ1) is 12.7. The van der Waals surface area contributed by atoms with E-state index in [0.717, 1.165) is 0 Å². The first-order valence-electron chi connectivity index (χ1n) is 5.61. The van der Waals surface area contributed by atoms with Crippen LogP contribution in [0.15, 0.2) is 27.2 Å². The third-order valence-electron chi connectivity index (χ3n) is 3.03. The zero-order valence-corrected chi connectivity index (χ0v) is 11.9. The lowest BCUT2D eigenvalue weighted by Crippen LogP contribution is -2.03. The van der Waals surface area contributed by atoms with E-state index in [2.05, 4.69) is 20.9 Å². The average Bonchev–Trinajstić information content (AvgIpc) is 2.81. The van der Waals surface area contributed by atoms with Gasteiger partial charge in [0.1, 0.15) is 16.7 Å². The molecule has 102 valence electrons. The molecule has 0 saturated heterocycles. The zero-order chi connectivity index (χ0) is 14.4. The van der Waals surface area contributed by atoms with Crippen LogP contribution in [-0.4, -0.2) is 23.2 Å². The summed E-state index contributed by atoms with van der Waals surface area (Å²) in [4.78, 5) is 15.9. The summed E-state index contributed by atoms with van der Waals surface area (Å²) in [7, 11) is 1.25. The Hall–Kier alpha value is -2.28. The lowest BCUT2D eigenvalue weighted by molar-refractivity contribution is 0.0603. The Kier molecular flexibility index (Phi) is 2.79. The summed E-state index contributed by atoms with van der Waals surface area (Å²) in [5.41, 5.74) is 6.56. The summed E-state index contributed by atoms with van der Waals surface area (Å²) in [6.07, 6.45) is 1.55. The number of anilines is 1. The third-order valence-corrected chi connectivity index (χ3v) is 3.80. The highest BCUT2D eigenvalue weighted by molar-refractivity contribution is 9.10. The number of aromatic hydroxyl groups is 1. The molecule has 3 N–H and O–H groups in total. The number of phenolic OH excluding ortho intramolecular Hbond substituents is 1. The van der Waals surface area contributed by atoms with Crippen molar-refractivity contribution >= 4 is 49.7 Å². The first-order valence-corrected chi connectivity index (χ1v) is 6.41. The van der Waals surface area contributed by atoms with Gasteiger partial charge in [-0.1, -0.05) is 0 Å². The number of nitrogen functional groups attached to an aromatic ring is 1. The minimum Gasteiger partial charge on any atom is -0.505 e. The topological polar surface area (TPSA) is 98.6 Å². The molecule has 3 aromatic rings. The molecule has 0 aliphatic rings. The molecule has 0 amide bonds. The van der Waals surface area contributed by atoms with Crippen LogP contribution in [0.4, 0.5) is 5.88 Å². The van der Waals surface area contributed by atoms with E-state index >= 15 is 0 Å². The maximum Gasteiger partial charge on any atom is 0.344 e. The van der Waals surface area contributed by atoms with E-state index in [1.54, 1.807) is 18.3 Å². The highest BCUT2D eigenvalue weighted by Gasteiger charge is 2.26. The van der Waals surface area contributed by atoms with Crippen LogP contribution < -0.4 is 5.73 Å². The quantitative estimate of drug-likeness (QED) is 0.663. The van der Waals surface area contributed by atoms with Gasteiger partial charge in [0.15, 0.2) is 5.75 Å². The van der Waals surface area contributed by atoms with Gasteiger partial charge in [-0.2, -0.15) is 0 Å². The summed E-state index contributed by atoms with van der Waals surface area (Å²) in [6.45, 7) is 0. The number of phenols is 1. The van der Waals surface area contributed by atoms with Crippen LogP contribution >= 0.6 is 15.9 Å². The number of fused-ring (bicyclic) bond motifs is 3. The number of nitrogens with zero attached hydrogens (tertiary/aromatic N) is 1. The number of benzene rings is 1. The number of esters is 1. The standard InChI is InChI=1S/C13H9BrN2O4/c1-19-13(18)7-6-8(14)10(17)9-5(3-2-4-16-9)11(6)20-12(7)15/h2-4,17H,15H2,1H3. The SMILES string of the molecule is COC(=O)c1c(N)oc2c1c(Br)c(O)c1ncccc12. The highest BCUT2D eigenvalue weighted by atomic mass is 79.9. The fourth-order valence-corrected chi connectivity index (χ4v) is 2.72. The van der Waals surface area contributed by atoms with Gasteiger partial charge in [-0.3, -0.25) is 4.98 Å². The third kappa shape index (κ3) is 1.56. The molecule has 0 atom stereocenters. The number of methoxy groups -OCH3 is 1. The van der Waals surface area contributed by atoms with Gasteiger partial charge in [0.2, 0.25) is 5.88 Å². The van der Waals surface area contributed by atoms with E-state index in [4.69, 9.17) is 14.9 Å². The molecular formula is C13H9BrN2O4. The van der Waals surface area contributed by atoms with E-state index in [1.165, 1.54) is 7.11 Å². The second-order valence-electron chi connectivity index (χ2n) is 4.10. The van der Waals surface area contributed by atoms with Crippen molar-refractivity contribution in [2.75, 3.05) is 12.8 Å². The summed E-state index contributed by atoms with van der Waals surface area (Å²) in [5, 5.41) is 11.1. The fourth-order valence-electron chi connectivity index (χ4n) is 2.15. The Bertz CT molecular complexity index is 857. The van der Waals surface area contributed by atoms with Crippen molar-refractivity contribution in [3.63, 3.8) is 0 Å². The maximum absolute atomic E-state index is 11.8. The minimum atomic E-state index is -0.635. The molecule has 2 aromatic heterocycles. The van der Waals surface area contributed by atoms with Crippen LogP contribution in [0, 0.1) is 0 Å². The number of hydrogen-bond acceptors (Lipinski definition) is 6. The number of hydrogen-bond donors (Lipinski definition) is 2. The van der Waals surface area contributed by atoms with E-state index < -0.39 is 5.97 Å². The van der Waals surface area contributed by atoms with Crippen molar-refractivity contribution in [1.29, 1.82) is 0 Å². The maximum atomic E-state index is 11.8. The van der Waals surface area contributed by atoms with Gasteiger partial charge in [-0.25, -0.2) is 4.79 Å². The normalized spacial score (nSPS) is 11.1. The van der Waals surface area contributed by atoms with E-state index in [0.29, 0.717) is 26.3 Å². The summed E-state index contributed by atoms with van der Waals surface area (Å²) >= 11 is 3.25. The van der Waals surface area contributed by atoms with Crippen molar-refractivity contribution in [2.24, 2.45) is 0 Å². The Balaban J connectivity index is 2.58. The smallest absolute Gasteiger partial charge is 0.344 e. The summed E-state index contributed by atoms with van der Waals surface area (Å²) in [6, 6.07) is 3.42. The van der Waals surface area contributed by atoms with Crippen molar-refractivity contribution < 1.29 is 19.1 Å². The number of furan rings is 1. The summed E-state index contributed by atoms with van der Waals surface area (Å²) < 4.78 is 10.5. The molecule has 3 rings (SSSR count). The lowest BCUT2D eigenvalue weighted by Gasteiger charge is -2.05. The van der Waals surface area contributed by atoms with Crippen LogP contribution in [0.2, 0.25) is 0 Å². The Morgan fingerprint density at radius 2 is 2.30 bits per heavy atom. The molecule has 0 fully saturated rings. The van der Waals surface area contributed by atoms with Crippen molar-refractivity contribution in [3.8, 4) is 5.75 Å². The second kappa shape index (κ2) is 4.38. The van der Waals surface area contributed by atoms with Crippen LogP contribution in [0.25, 0.3) is 21.9 Å². The van der Waals surface area contributed by atoms with Crippen molar-refractivity contribution in [2.45, 2.75) is 0 Å². The van der Waals surface area contributed by atoms with Crippen LogP contribution in [-0.2, 0) is 4.74 Å². The van der Waals surface area contributed by atoms with Gasteiger partial charge in [-0.05, 0) is 28.1 Å². The summed E-state index contributed by atoms with van der Waals surface area (Å²) in [5.74, 6) is -0.785. The van der Waals surface area contributed by atoms with Gasteiger partial charge >= 0.3 is 5.97 Å². The van der Waals surface area contributed by atoms with Gasteiger partial charge in [0, 0.05) is 11.6 Å². The molecule has 1 aromatic carbocycles. The number of nitrogens with two attached hydrogens (primary N) is 1. The molecule has 2 heterocycles. The van der Waals surface area contributed by atoms with Gasteiger partial charge in [0.05, 0.1) is 17.0 Å². The number of ether oxygens (including phenoxy) is 1. The number of halogens is 1. The zero-order valence-electron chi connectivity index (χ0n) is 10.3. The molecule has 0 bridgehead atoms. The Morgan fingerprint density at radius 3 is 3.00 bits per heavy atom. The molecular weight excluding hydrogens is 328 g/mol. The predicted octanol–water partition coefficient (Wildman–Crippen LogP) is 2.82. The van der Waals surface area contributed by atoms with Gasteiger partial charge in [-0.15, -0.1) is 0 Å². The fraction of sp³-hybridized carbons (Fsp3) is 0.0769. The second-order valence-corrected chi connectivity index (χ2v) is 4.89. The lowest BCUT2D eigenvalue weighted by atomic mass is 10.1. The van der Waals surface area contributed by atoms with E-state index in [-0.39, 0.29) is 17.2 Å². The Morgan fingerprint density at radius 1 is 1.55 bits per heavy atom. The van der Waals surface area contributed by atoms with Gasteiger partial charge < -0.3 is 20.0 Å². The largest absolute Gasteiger partial charge is 0.505 e. The van der Waals surface area contributed by atoms with E-state index in [1.807, 2.05) is 0 Å². The number of carbonyl (C=O) groups excluding carboxylic acids is 1. The van der Waals surface area contributed by atoms with Crippen LogP contribution in [0.3, 0.4) is 0 Å². The van der Waals surface area contributed by atoms with Crippen molar-refractivity contribution in [1.82, 2.24) is 4.98 Å². The van der Waals surface area contributed by atoms with Crippen LogP contribution in [0.5, 0.6) is 5.75 Å². The predicted molar refractivity (Wildman–Crippen MR) is 76.6 cm³/mol. The molecule has 20 heavy (non-hydrogen) atoms.